The van der Waals surface area contributed by atoms with Crippen molar-refractivity contribution in [1.29, 1.82) is 0 Å². The molecule has 0 bridgehead atoms. The molecule has 1 saturated carbocycles. The van der Waals surface area contributed by atoms with Crippen LogP contribution in [0.4, 0.5) is 0 Å². The summed E-state index contributed by atoms with van der Waals surface area (Å²) in [5.41, 5.74) is 0.653. The van der Waals surface area contributed by atoms with Crippen LogP contribution in [0, 0.1) is 5.92 Å². The normalized spacial score (nSPS) is 52.9. The summed E-state index contributed by atoms with van der Waals surface area (Å²) in [4.78, 5) is 0. The Morgan fingerprint density at radius 2 is 2.38 bits per heavy atom. The minimum absolute atomic E-state index is 0.653. The first-order valence-corrected chi connectivity index (χ1v) is 3.58. The topological polar surface area (TPSA) is 12.0 Å². The molecule has 1 heteroatoms. The van der Waals surface area contributed by atoms with Gasteiger partial charge in [0.15, 0.2) is 0 Å². The molecular formula is C7H13N. The Hall–Kier alpha value is -0.0400. The van der Waals surface area contributed by atoms with E-state index in [4.69, 9.17) is 0 Å². The maximum absolute atomic E-state index is 3.56. The van der Waals surface area contributed by atoms with Gasteiger partial charge in [0.1, 0.15) is 0 Å². The molecule has 1 N–H and O–H groups in total. The van der Waals surface area contributed by atoms with Gasteiger partial charge in [-0.25, -0.2) is 0 Å². The summed E-state index contributed by atoms with van der Waals surface area (Å²) in [6.45, 7) is 3.61. The van der Waals surface area contributed by atoms with E-state index >= 15 is 0 Å². The van der Waals surface area contributed by atoms with Gasteiger partial charge in [0.25, 0.3) is 0 Å². The van der Waals surface area contributed by atoms with E-state index < -0.39 is 0 Å². The zero-order valence-electron chi connectivity index (χ0n) is 5.41. The predicted molar refractivity (Wildman–Crippen MR) is 33.7 cm³/mol. The molecule has 2 fully saturated rings. The van der Waals surface area contributed by atoms with Crippen LogP contribution in [-0.4, -0.2) is 12.1 Å². The monoisotopic (exact) mass is 111 g/mol. The third-order valence-corrected chi connectivity index (χ3v) is 2.73. The number of hydrogen-bond donors (Lipinski definition) is 1. The van der Waals surface area contributed by atoms with Crippen molar-refractivity contribution in [3.63, 3.8) is 0 Å². The lowest BCUT2D eigenvalue weighted by Gasteiger charge is -2.04. The summed E-state index contributed by atoms with van der Waals surface area (Å²) < 4.78 is 0. The molecule has 46 valence electrons. The second-order valence-corrected chi connectivity index (χ2v) is 3.29. The van der Waals surface area contributed by atoms with E-state index in [1.807, 2.05) is 0 Å². The highest BCUT2D eigenvalue weighted by Crippen LogP contribution is 2.48. The Morgan fingerprint density at radius 3 is 2.62 bits per heavy atom. The molecule has 1 saturated heterocycles. The van der Waals surface area contributed by atoms with Crippen molar-refractivity contribution in [2.24, 2.45) is 5.92 Å². The molecule has 2 aliphatic rings. The molecule has 1 aliphatic heterocycles. The fourth-order valence-corrected chi connectivity index (χ4v) is 1.91. The van der Waals surface area contributed by atoms with Crippen molar-refractivity contribution >= 4 is 0 Å². The Bertz CT molecular complexity index is 103. The van der Waals surface area contributed by atoms with Crippen molar-refractivity contribution < 1.29 is 0 Å². The van der Waals surface area contributed by atoms with E-state index in [1.165, 1.54) is 25.8 Å². The smallest absolute Gasteiger partial charge is 0.0211 e. The van der Waals surface area contributed by atoms with E-state index in [0.29, 0.717) is 5.54 Å². The third-order valence-electron chi connectivity index (χ3n) is 2.73. The van der Waals surface area contributed by atoms with Crippen molar-refractivity contribution in [2.45, 2.75) is 31.7 Å². The van der Waals surface area contributed by atoms with Crippen molar-refractivity contribution in [2.75, 3.05) is 6.54 Å². The fraction of sp³-hybridized carbons (Fsp3) is 1.00. The molecule has 8 heavy (non-hydrogen) atoms. The zero-order chi connectivity index (χ0) is 5.61. The predicted octanol–water partition coefficient (Wildman–Crippen LogP) is 1.15. The second-order valence-electron chi connectivity index (χ2n) is 3.29. The van der Waals surface area contributed by atoms with Gasteiger partial charge in [0, 0.05) is 5.54 Å². The molecule has 2 rings (SSSR count). The van der Waals surface area contributed by atoms with Crippen LogP contribution in [0.15, 0.2) is 0 Å². The van der Waals surface area contributed by atoms with Crippen LogP contribution in [0.3, 0.4) is 0 Å². The van der Waals surface area contributed by atoms with Gasteiger partial charge in [-0.1, -0.05) is 6.92 Å². The highest BCUT2D eigenvalue weighted by atomic mass is 15.1. The van der Waals surface area contributed by atoms with E-state index in [0.717, 1.165) is 5.92 Å². The van der Waals surface area contributed by atoms with Crippen molar-refractivity contribution in [3.8, 4) is 0 Å². The molecular weight excluding hydrogens is 98.1 g/mol. The number of rotatable bonds is 0. The molecule has 0 unspecified atom stereocenters. The van der Waals surface area contributed by atoms with Gasteiger partial charge in [-0.05, 0) is 31.7 Å². The minimum atomic E-state index is 0.653. The molecule has 0 aromatic rings. The van der Waals surface area contributed by atoms with E-state index in [9.17, 15) is 0 Å². The highest BCUT2D eigenvalue weighted by Gasteiger charge is 2.51. The first-order valence-electron chi connectivity index (χ1n) is 3.58. The average Bonchev–Trinajstić information content (AvgIpc) is 2.29. The summed E-state index contributed by atoms with van der Waals surface area (Å²) in [7, 11) is 0. The van der Waals surface area contributed by atoms with Gasteiger partial charge in [-0.15, -0.1) is 0 Å². The Kier molecular flexibility index (Phi) is 0.762. The molecule has 0 amide bonds. The first kappa shape index (κ1) is 4.80. The summed E-state index contributed by atoms with van der Waals surface area (Å²) in [5, 5.41) is 3.56. The molecule has 1 heterocycles. The second kappa shape index (κ2) is 1.27. The Balaban J connectivity index is 2.06. The molecule has 1 nitrogen and oxygen atoms in total. The van der Waals surface area contributed by atoms with Crippen LogP contribution in [-0.2, 0) is 0 Å². The molecule has 0 aromatic carbocycles. The Labute approximate surface area is 50.5 Å². The summed E-state index contributed by atoms with van der Waals surface area (Å²) in [6.07, 6.45) is 4.28. The summed E-state index contributed by atoms with van der Waals surface area (Å²) >= 11 is 0. The standard InChI is InChI=1S/C7H13N/c1-6-5-7(6)3-2-4-8-7/h6,8H,2-5H2,1H3/t6-,7-/m1/s1. The quantitative estimate of drug-likeness (QED) is 0.494. The van der Waals surface area contributed by atoms with Gasteiger partial charge in [-0.3, -0.25) is 0 Å². The molecule has 1 aliphatic carbocycles. The SMILES string of the molecule is C[C@@H]1C[C@]12CCCN2. The lowest BCUT2D eigenvalue weighted by atomic mass is 10.2. The minimum Gasteiger partial charge on any atom is -0.311 e. The third kappa shape index (κ3) is 0.455. The fourth-order valence-electron chi connectivity index (χ4n) is 1.91. The molecule has 0 aromatic heterocycles. The molecule has 2 atom stereocenters. The van der Waals surface area contributed by atoms with E-state index in [1.54, 1.807) is 0 Å². The van der Waals surface area contributed by atoms with Crippen LogP contribution in [0.1, 0.15) is 26.2 Å². The average molecular weight is 111 g/mol. The number of nitrogens with one attached hydrogen (secondary N) is 1. The first-order chi connectivity index (χ1) is 3.83. The largest absolute Gasteiger partial charge is 0.311 e. The van der Waals surface area contributed by atoms with Crippen LogP contribution >= 0.6 is 0 Å². The van der Waals surface area contributed by atoms with Gasteiger partial charge >= 0.3 is 0 Å². The van der Waals surface area contributed by atoms with Gasteiger partial charge in [0.2, 0.25) is 0 Å². The van der Waals surface area contributed by atoms with Gasteiger partial charge < -0.3 is 5.32 Å². The molecule has 0 radical (unpaired) electrons. The highest BCUT2D eigenvalue weighted by molar-refractivity contribution is 5.10. The Morgan fingerprint density at radius 1 is 1.62 bits per heavy atom. The summed E-state index contributed by atoms with van der Waals surface area (Å²) in [6, 6.07) is 0. The van der Waals surface area contributed by atoms with E-state index in [2.05, 4.69) is 12.2 Å². The zero-order valence-corrected chi connectivity index (χ0v) is 5.41. The van der Waals surface area contributed by atoms with Crippen LogP contribution < -0.4 is 5.32 Å². The van der Waals surface area contributed by atoms with Crippen LogP contribution in [0.5, 0.6) is 0 Å². The lowest BCUT2D eigenvalue weighted by Crippen LogP contribution is -2.24. The van der Waals surface area contributed by atoms with Crippen molar-refractivity contribution in [3.05, 3.63) is 0 Å². The van der Waals surface area contributed by atoms with E-state index in [-0.39, 0.29) is 0 Å². The van der Waals surface area contributed by atoms with Crippen LogP contribution in [0.25, 0.3) is 0 Å². The summed E-state index contributed by atoms with van der Waals surface area (Å²) in [5.74, 6) is 0.977. The lowest BCUT2D eigenvalue weighted by molar-refractivity contribution is 0.553. The van der Waals surface area contributed by atoms with Gasteiger partial charge in [-0.2, -0.15) is 0 Å². The van der Waals surface area contributed by atoms with Crippen molar-refractivity contribution in [1.82, 2.24) is 5.32 Å². The maximum Gasteiger partial charge on any atom is 0.0211 e. The number of hydrogen-bond acceptors (Lipinski definition) is 1. The van der Waals surface area contributed by atoms with Crippen LogP contribution in [0.2, 0.25) is 0 Å². The van der Waals surface area contributed by atoms with Gasteiger partial charge in [0.05, 0.1) is 0 Å². The molecule has 1 spiro atoms. The maximum atomic E-state index is 3.56.